The first kappa shape index (κ1) is 14.5. The van der Waals surface area contributed by atoms with Crippen molar-refractivity contribution < 1.29 is 5.11 Å². The molecule has 5 heteroatoms. The van der Waals surface area contributed by atoms with Gasteiger partial charge in [-0.3, -0.25) is 9.67 Å². The molecule has 0 bridgehead atoms. The van der Waals surface area contributed by atoms with Crippen molar-refractivity contribution in [2.24, 2.45) is 0 Å². The van der Waals surface area contributed by atoms with Crippen LogP contribution in [0.25, 0.3) is 22.2 Å². The van der Waals surface area contributed by atoms with Crippen molar-refractivity contribution >= 4 is 23.0 Å². The van der Waals surface area contributed by atoms with Crippen LogP contribution in [0.3, 0.4) is 0 Å². The number of nitrogens with zero attached hydrogens (tertiary/aromatic N) is 2. The van der Waals surface area contributed by atoms with Crippen LogP contribution in [-0.4, -0.2) is 19.9 Å². The third-order valence-electron chi connectivity index (χ3n) is 4.75. The lowest BCUT2D eigenvalue weighted by Gasteiger charge is -2.24. The highest BCUT2D eigenvalue weighted by Crippen LogP contribution is 2.36. The van der Waals surface area contributed by atoms with E-state index in [-0.39, 0.29) is 5.75 Å². The Bertz CT molecular complexity index is 906. The molecule has 1 aromatic heterocycles. The zero-order valence-corrected chi connectivity index (χ0v) is 13.6. The molecule has 1 aliphatic rings. The van der Waals surface area contributed by atoms with Gasteiger partial charge in [0.25, 0.3) is 0 Å². The lowest BCUT2D eigenvalue weighted by atomic mass is 9.95. The van der Waals surface area contributed by atoms with E-state index < -0.39 is 0 Å². The predicted octanol–water partition coefficient (Wildman–Crippen LogP) is 4.97. The minimum atomic E-state index is 0.245. The summed E-state index contributed by atoms with van der Waals surface area (Å²) in [5.74, 6) is 0.986. The van der Waals surface area contributed by atoms with E-state index in [1.807, 2.05) is 30.3 Å². The molecule has 23 heavy (non-hydrogen) atoms. The molecule has 0 aliphatic heterocycles. The van der Waals surface area contributed by atoms with E-state index in [0.717, 1.165) is 35.0 Å². The van der Waals surface area contributed by atoms with Gasteiger partial charge in [0, 0.05) is 6.04 Å². The second-order valence-electron chi connectivity index (χ2n) is 6.23. The van der Waals surface area contributed by atoms with Crippen LogP contribution in [0.2, 0.25) is 0 Å². The minimum absolute atomic E-state index is 0.245. The highest BCUT2D eigenvalue weighted by atomic mass is 32.1. The SMILES string of the molecule is Oc1cc2ccccc2cc1-c1n[nH]c(=S)n1C1CCCCC1. The Hall–Kier alpha value is -2.14. The molecule has 0 amide bonds. The van der Waals surface area contributed by atoms with E-state index in [1.165, 1.54) is 19.3 Å². The number of phenolic OH excluding ortho intramolecular Hbond substituents is 1. The van der Waals surface area contributed by atoms with Crippen LogP contribution in [0.15, 0.2) is 36.4 Å². The van der Waals surface area contributed by atoms with Gasteiger partial charge in [-0.2, -0.15) is 5.10 Å². The molecular formula is C18H19N3OS. The molecule has 1 heterocycles. The number of H-pyrrole nitrogens is 1. The molecule has 0 atom stereocenters. The Morgan fingerprint density at radius 1 is 1.09 bits per heavy atom. The number of aromatic amines is 1. The molecule has 118 valence electrons. The smallest absolute Gasteiger partial charge is 0.195 e. The molecule has 1 saturated carbocycles. The first-order valence-corrected chi connectivity index (χ1v) is 8.54. The summed E-state index contributed by atoms with van der Waals surface area (Å²) in [5.41, 5.74) is 0.738. The number of hydrogen-bond donors (Lipinski definition) is 2. The third-order valence-corrected chi connectivity index (χ3v) is 5.04. The van der Waals surface area contributed by atoms with Gasteiger partial charge in [-0.15, -0.1) is 0 Å². The number of phenols is 1. The molecular weight excluding hydrogens is 306 g/mol. The molecule has 0 spiro atoms. The van der Waals surface area contributed by atoms with Crippen molar-refractivity contribution in [1.29, 1.82) is 0 Å². The fraction of sp³-hybridized carbons (Fsp3) is 0.333. The van der Waals surface area contributed by atoms with E-state index in [0.29, 0.717) is 10.8 Å². The third kappa shape index (κ3) is 2.55. The standard InChI is InChI=1S/C18H19N3OS/c22-16-11-13-7-5-4-6-12(13)10-15(16)17-19-20-18(23)21(17)14-8-2-1-3-9-14/h4-7,10-11,14,22H,1-3,8-9H2,(H,20,23). The summed E-state index contributed by atoms with van der Waals surface area (Å²) >= 11 is 5.46. The number of aromatic nitrogens is 3. The number of benzene rings is 2. The summed E-state index contributed by atoms with van der Waals surface area (Å²) in [6.07, 6.45) is 5.98. The fourth-order valence-electron chi connectivity index (χ4n) is 3.58. The van der Waals surface area contributed by atoms with Gasteiger partial charge in [0.2, 0.25) is 0 Å². The lowest BCUT2D eigenvalue weighted by Crippen LogP contribution is -2.14. The number of rotatable bonds is 2. The Balaban J connectivity index is 1.88. The highest BCUT2D eigenvalue weighted by molar-refractivity contribution is 7.71. The van der Waals surface area contributed by atoms with Crippen molar-refractivity contribution in [3.05, 3.63) is 41.2 Å². The van der Waals surface area contributed by atoms with Gasteiger partial charge in [-0.1, -0.05) is 43.5 Å². The number of fused-ring (bicyclic) bond motifs is 1. The summed E-state index contributed by atoms with van der Waals surface area (Å²) < 4.78 is 2.73. The van der Waals surface area contributed by atoms with Gasteiger partial charge < -0.3 is 5.11 Å². The van der Waals surface area contributed by atoms with Gasteiger partial charge in [-0.05, 0) is 48.0 Å². The Kier molecular flexibility index (Phi) is 3.65. The largest absolute Gasteiger partial charge is 0.507 e. The molecule has 4 nitrogen and oxygen atoms in total. The molecule has 4 rings (SSSR count). The predicted molar refractivity (Wildman–Crippen MR) is 94.1 cm³/mol. The van der Waals surface area contributed by atoms with Crippen molar-refractivity contribution in [2.45, 2.75) is 38.1 Å². The Morgan fingerprint density at radius 3 is 2.52 bits per heavy atom. The average molecular weight is 325 g/mol. The Morgan fingerprint density at radius 2 is 1.78 bits per heavy atom. The number of nitrogens with one attached hydrogen (secondary N) is 1. The van der Waals surface area contributed by atoms with Gasteiger partial charge in [0.15, 0.2) is 10.6 Å². The summed E-state index contributed by atoms with van der Waals surface area (Å²) in [5, 5.41) is 19.9. The van der Waals surface area contributed by atoms with Crippen LogP contribution in [0.5, 0.6) is 5.75 Å². The molecule has 0 unspecified atom stereocenters. The van der Waals surface area contributed by atoms with Crippen molar-refractivity contribution in [1.82, 2.24) is 14.8 Å². The Labute approximate surface area is 139 Å². The fourth-order valence-corrected chi connectivity index (χ4v) is 3.86. The van der Waals surface area contributed by atoms with Crippen LogP contribution < -0.4 is 0 Å². The van der Waals surface area contributed by atoms with E-state index in [2.05, 4.69) is 14.8 Å². The monoisotopic (exact) mass is 325 g/mol. The van der Waals surface area contributed by atoms with Crippen LogP contribution in [0.4, 0.5) is 0 Å². The first-order chi connectivity index (χ1) is 11.2. The lowest BCUT2D eigenvalue weighted by molar-refractivity contribution is 0.352. The zero-order valence-electron chi connectivity index (χ0n) is 12.8. The topological polar surface area (TPSA) is 53.8 Å². The van der Waals surface area contributed by atoms with E-state index in [4.69, 9.17) is 12.2 Å². The quantitative estimate of drug-likeness (QED) is 0.654. The summed E-state index contributed by atoms with van der Waals surface area (Å²) in [6.45, 7) is 0. The van der Waals surface area contributed by atoms with E-state index in [9.17, 15) is 5.11 Å². The average Bonchev–Trinajstić information content (AvgIpc) is 2.96. The molecule has 2 N–H and O–H groups in total. The van der Waals surface area contributed by atoms with Crippen LogP contribution in [-0.2, 0) is 0 Å². The molecule has 3 aromatic rings. The maximum Gasteiger partial charge on any atom is 0.195 e. The van der Waals surface area contributed by atoms with Crippen molar-refractivity contribution in [2.75, 3.05) is 0 Å². The van der Waals surface area contributed by atoms with Crippen molar-refractivity contribution in [3.63, 3.8) is 0 Å². The number of aromatic hydroxyl groups is 1. The van der Waals surface area contributed by atoms with Gasteiger partial charge in [-0.25, -0.2) is 0 Å². The molecule has 0 saturated heterocycles. The maximum absolute atomic E-state index is 10.5. The molecule has 0 radical (unpaired) electrons. The second-order valence-corrected chi connectivity index (χ2v) is 6.62. The van der Waals surface area contributed by atoms with Crippen LogP contribution in [0.1, 0.15) is 38.1 Å². The summed E-state index contributed by atoms with van der Waals surface area (Å²) in [6, 6.07) is 12.2. The molecule has 1 fully saturated rings. The van der Waals surface area contributed by atoms with Crippen LogP contribution in [0, 0.1) is 4.77 Å². The summed E-state index contributed by atoms with van der Waals surface area (Å²) in [4.78, 5) is 0. The zero-order chi connectivity index (χ0) is 15.8. The maximum atomic E-state index is 10.5. The molecule has 1 aliphatic carbocycles. The number of hydrogen-bond acceptors (Lipinski definition) is 3. The minimum Gasteiger partial charge on any atom is -0.507 e. The molecule has 2 aromatic carbocycles. The van der Waals surface area contributed by atoms with Gasteiger partial charge >= 0.3 is 0 Å². The van der Waals surface area contributed by atoms with Gasteiger partial charge in [0.05, 0.1) is 5.56 Å². The van der Waals surface area contributed by atoms with Crippen LogP contribution >= 0.6 is 12.2 Å². The van der Waals surface area contributed by atoms with Crippen molar-refractivity contribution in [3.8, 4) is 17.1 Å². The normalized spacial score (nSPS) is 16.0. The highest BCUT2D eigenvalue weighted by Gasteiger charge is 2.22. The van der Waals surface area contributed by atoms with E-state index in [1.54, 1.807) is 6.07 Å². The van der Waals surface area contributed by atoms with E-state index >= 15 is 0 Å². The summed E-state index contributed by atoms with van der Waals surface area (Å²) in [7, 11) is 0. The van der Waals surface area contributed by atoms with Gasteiger partial charge in [0.1, 0.15) is 5.75 Å². The second kappa shape index (κ2) is 5.81. The first-order valence-electron chi connectivity index (χ1n) is 8.13.